The molecule has 0 aromatic heterocycles. The molecule has 0 radical (unpaired) electrons. The molecule has 2 atom stereocenters. The average Bonchev–Trinajstić information content (AvgIpc) is 3.24. The molecule has 1 aliphatic heterocycles. The first-order valence-corrected chi connectivity index (χ1v) is 10.4. The number of hydrogen-bond acceptors (Lipinski definition) is 3. The molecule has 6 heteroatoms. The highest BCUT2D eigenvalue weighted by atomic mass is 35.5. The number of halogens is 1. The van der Waals surface area contributed by atoms with Gasteiger partial charge in [0.25, 0.3) is 5.91 Å². The molecule has 5 nitrogen and oxygen atoms in total. The van der Waals surface area contributed by atoms with Crippen LogP contribution in [0.3, 0.4) is 0 Å². The average molecular weight is 436 g/mol. The van der Waals surface area contributed by atoms with E-state index in [-0.39, 0.29) is 11.9 Å². The Morgan fingerprint density at radius 1 is 0.968 bits per heavy atom. The van der Waals surface area contributed by atoms with E-state index >= 15 is 0 Å². The van der Waals surface area contributed by atoms with E-state index in [2.05, 4.69) is 0 Å². The molecule has 0 saturated carbocycles. The summed E-state index contributed by atoms with van der Waals surface area (Å²) in [6.07, 6.45) is 0.933. The standard InChI is InChI=1S/C25H22ClNO4/c1-31-23-9-5-3-6-18(23)16-10-12-17(13-11-16)24(28)27-21(14-15-22(27)25(29)30)19-7-2-4-8-20(19)26/h2-13,21-22H,14-15H2,1H3,(H,29,30)/t21-,22-/m1/s1. The molecular weight excluding hydrogens is 414 g/mol. The minimum Gasteiger partial charge on any atom is -0.496 e. The highest BCUT2D eigenvalue weighted by molar-refractivity contribution is 6.31. The van der Waals surface area contributed by atoms with E-state index in [4.69, 9.17) is 16.3 Å². The molecule has 1 fully saturated rings. The second-order valence-corrected chi connectivity index (χ2v) is 7.87. The summed E-state index contributed by atoms with van der Waals surface area (Å²) in [5, 5.41) is 10.3. The van der Waals surface area contributed by atoms with Crippen LogP contribution in [0.4, 0.5) is 0 Å². The number of para-hydroxylation sites is 1. The maximum atomic E-state index is 13.4. The summed E-state index contributed by atoms with van der Waals surface area (Å²) >= 11 is 6.37. The van der Waals surface area contributed by atoms with Crippen molar-refractivity contribution in [1.29, 1.82) is 0 Å². The Labute approximate surface area is 185 Å². The Kier molecular flexibility index (Phi) is 5.96. The molecule has 4 rings (SSSR count). The fraction of sp³-hybridized carbons (Fsp3) is 0.200. The Morgan fingerprint density at radius 2 is 1.65 bits per heavy atom. The van der Waals surface area contributed by atoms with Crippen LogP contribution in [-0.4, -0.2) is 35.0 Å². The summed E-state index contributed by atoms with van der Waals surface area (Å²) in [6, 6.07) is 20.8. The molecule has 0 bridgehead atoms. The number of carbonyl (C=O) groups is 2. The van der Waals surface area contributed by atoms with Crippen molar-refractivity contribution < 1.29 is 19.4 Å². The Balaban J connectivity index is 1.67. The number of rotatable bonds is 5. The van der Waals surface area contributed by atoms with Gasteiger partial charge in [0.15, 0.2) is 0 Å². The number of nitrogens with zero attached hydrogens (tertiary/aromatic N) is 1. The van der Waals surface area contributed by atoms with Crippen LogP contribution in [0.15, 0.2) is 72.8 Å². The molecule has 31 heavy (non-hydrogen) atoms. The van der Waals surface area contributed by atoms with Crippen LogP contribution in [0.1, 0.15) is 34.8 Å². The van der Waals surface area contributed by atoms with E-state index < -0.39 is 12.0 Å². The molecule has 158 valence electrons. The van der Waals surface area contributed by atoms with Gasteiger partial charge in [-0.1, -0.05) is 60.1 Å². The van der Waals surface area contributed by atoms with Gasteiger partial charge in [-0.3, -0.25) is 4.79 Å². The van der Waals surface area contributed by atoms with Gasteiger partial charge in [-0.15, -0.1) is 0 Å². The monoisotopic (exact) mass is 435 g/mol. The lowest BCUT2D eigenvalue weighted by Crippen LogP contribution is -2.41. The third-order valence-electron chi connectivity index (χ3n) is 5.72. The minimum atomic E-state index is -1.01. The Bertz CT molecular complexity index is 1110. The predicted molar refractivity (Wildman–Crippen MR) is 119 cm³/mol. The summed E-state index contributed by atoms with van der Waals surface area (Å²) in [4.78, 5) is 26.8. The van der Waals surface area contributed by atoms with Gasteiger partial charge < -0.3 is 14.7 Å². The first-order chi connectivity index (χ1) is 15.0. The number of amides is 1. The smallest absolute Gasteiger partial charge is 0.326 e. The first kappa shape index (κ1) is 20.9. The number of ether oxygens (including phenoxy) is 1. The van der Waals surface area contributed by atoms with Crippen LogP contribution in [0, 0.1) is 0 Å². The number of aliphatic carboxylic acids is 1. The SMILES string of the molecule is COc1ccccc1-c1ccc(C(=O)N2[C@@H](C(=O)O)CC[C@@H]2c2ccccc2Cl)cc1. The highest BCUT2D eigenvalue weighted by Gasteiger charge is 2.42. The number of carboxylic acid groups (broad SMARTS) is 1. The quantitative estimate of drug-likeness (QED) is 0.579. The third-order valence-corrected chi connectivity index (χ3v) is 6.06. The zero-order chi connectivity index (χ0) is 22.0. The largest absolute Gasteiger partial charge is 0.496 e. The molecule has 1 saturated heterocycles. The fourth-order valence-corrected chi connectivity index (χ4v) is 4.47. The summed E-state index contributed by atoms with van der Waals surface area (Å²) in [5.74, 6) is -0.583. The topological polar surface area (TPSA) is 66.8 Å². The van der Waals surface area contributed by atoms with Crippen molar-refractivity contribution in [1.82, 2.24) is 4.90 Å². The zero-order valence-electron chi connectivity index (χ0n) is 17.0. The molecule has 3 aromatic rings. The molecule has 0 unspecified atom stereocenters. The van der Waals surface area contributed by atoms with Crippen LogP contribution in [0.5, 0.6) is 5.75 Å². The maximum absolute atomic E-state index is 13.4. The number of likely N-dealkylation sites (tertiary alicyclic amines) is 1. The maximum Gasteiger partial charge on any atom is 0.326 e. The molecule has 3 aromatic carbocycles. The van der Waals surface area contributed by atoms with Gasteiger partial charge in [0.1, 0.15) is 11.8 Å². The first-order valence-electron chi connectivity index (χ1n) is 10.0. The summed E-state index contributed by atoms with van der Waals surface area (Å²) < 4.78 is 5.42. The van der Waals surface area contributed by atoms with Gasteiger partial charge in [0, 0.05) is 16.1 Å². The van der Waals surface area contributed by atoms with Crippen LogP contribution in [0.2, 0.25) is 5.02 Å². The third kappa shape index (κ3) is 4.01. The molecular formula is C25H22ClNO4. The van der Waals surface area contributed by atoms with Gasteiger partial charge in [0.2, 0.25) is 0 Å². The van der Waals surface area contributed by atoms with Crippen molar-refractivity contribution in [2.24, 2.45) is 0 Å². The lowest BCUT2D eigenvalue weighted by atomic mass is 10.0. The van der Waals surface area contributed by atoms with Gasteiger partial charge in [-0.05, 0) is 48.2 Å². The lowest BCUT2D eigenvalue weighted by Gasteiger charge is -2.29. The van der Waals surface area contributed by atoms with Crippen molar-refractivity contribution in [3.63, 3.8) is 0 Å². The van der Waals surface area contributed by atoms with Crippen molar-refractivity contribution >= 4 is 23.5 Å². The number of carbonyl (C=O) groups excluding carboxylic acids is 1. The normalized spacial score (nSPS) is 18.1. The minimum absolute atomic E-state index is 0.318. The summed E-state index contributed by atoms with van der Waals surface area (Å²) in [7, 11) is 1.62. The van der Waals surface area contributed by atoms with Crippen molar-refractivity contribution in [3.05, 3.63) is 88.9 Å². The molecule has 0 aliphatic carbocycles. The van der Waals surface area contributed by atoms with E-state index in [0.717, 1.165) is 22.4 Å². The second kappa shape index (κ2) is 8.82. The molecule has 1 N–H and O–H groups in total. The zero-order valence-corrected chi connectivity index (χ0v) is 17.8. The second-order valence-electron chi connectivity index (χ2n) is 7.46. The van der Waals surface area contributed by atoms with E-state index in [1.165, 1.54) is 4.90 Å². The van der Waals surface area contributed by atoms with Gasteiger partial charge in [-0.2, -0.15) is 0 Å². The Morgan fingerprint density at radius 3 is 2.32 bits per heavy atom. The molecule has 1 amide bonds. The number of benzene rings is 3. The van der Waals surface area contributed by atoms with Crippen LogP contribution in [-0.2, 0) is 4.79 Å². The van der Waals surface area contributed by atoms with Crippen molar-refractivity contribution in [2.75, 3.05) is 7.11 Å². The highest BCUT2D eigenvalue weighted by Crippen LogP contribution is 2.40. The van der Waals surface area contributed by atoms with E-state index in [1.54, 1.807) is 25.3 Å². The number of carboxylic acids is 1. The van der Waals surface area contributed by atoms with E-state index in [9.17, 15) is 14.7 Å². The lowest BCUT2D eigenvalue weighted by molar-refractivity contribution is -0.141. The summed E-state index contributed by atoms with van der Waals surface area (Å²) in [6.45, 7) is 0. The Hall–Kier alpha value is -3.31. The van der Waals surface area contributed by atoms with Crippen LogP contribution < -0.4 is 4.74 Å². The van der Waals surface area contributed by atoms with Crippen molar-refractivity contribution in [3.8, 4) is 16.9 Å². The fourth-order valence-electron chi connectivity index (χ4n) is 4.21. The van der Waals surface area contributed by atoms with Gasteiger partial charge in [0.05, 0.1) is 13.2 Å². The van der Waals surface area contributed by atoms with E-state index in [0.29, 0.717) is 23.4 Å². The predicted octanol–water partition coefficient (Wildman–Crippen LogP) is 5.45. The van der Waals surface area contributed by atoms with Crippen LogP contribution in [0.25, 0.3) is 11.1 Å². The molecule has 1 heterocycles. The van der Waals surface area contributed by atoms with Crippen molar-refractivity contribution in [2.45, 2.75) is 24.9 Å². The molecule has 1 aliphatic rings. The van der Waals surface area contributed by atoms with Gasteiger partial charge >= 0.3 is 5.97 Å². The summed E-state index contributed by atoms with van der Waals surface area (Å²) in [5.41, 5.74) is 3.03. The van der Waals surface area contributed by atoms with Crippen LogP contribution >= 0.6 is 11.6 Å². The molecule has 0 spiro atoms. The van der Waals surface area contributed by atoms with E-state index in [1.807, 2.05) is 54.6 Å². The number of hydrogen-bond donors (Lipinski definition) is 1. The van der Waals surface area contributed by atoms with Gasteiger partial charge in [-0.25, -0.2) is 4.79 Å². The number of methoxy groups -OCH3 is 1.